The first-order valence-electron chi connectivity index (χ1n) is 9.40. The molecule has 0 unspecified atom stereocenters. The first-order valence-corrected chi connectivity index (χ1v) is 9.40. The number of aromatic nitrogens is 1. The highest BCUT2D eigenvalue weighted by molar-refractivity contribution is 6.07. The molecule has 5 heteroatoms. The Morgan fingerprint density at radius 2 is 1.93 bits per heavy atom. The number of rotatable bonds is 3. The molecule has 2 aromatic carbocycles. The standard InChI is InChI=1S/C23H23N3O2/c1-14-5-7-16(8-6-14)21-18(12-20(27)28-4)15(2)22-23-19(21)11-17(13-24)26(23)10-9-25(22)3/h5-8,11H,9-10,12H2,1-4H3. The Hall–Kier alpha value is -3.26. The van der Waals surface area contributed by atoms with E-state index in [2.05, 4.69) is 60.7 Å². The molecule has 1 aromatic heterocycles. The van der Waals surface area contributed by atoms with Crippen LogP contribution >= 0.6 is 0 Å². The second-order valence-electron chi connectivity index (χ2n) is 7.42. The molecule has 0 fully saturated rings. The lowest BCUT2D eigenvalue weighted by Gasteiger charge is -2.31. The van der Waals surface area contributed by atoms with E-state index in [0.717, 1.165) is 51.9 Å². The summed E-state index contributed by atoms with van der Waals surface area (Å²) in [6.45, 7) is 5.73. The lowest BCUT2D eigenvalue weighted by molar-refractivity contribution is -0.139. The van der Waals surface area contributed by atoms with Gasteiger partial charge in [-0.15, -0.1) is 0 Å². The third kappa shape index (κ3) is 2.65. The molecule has 0 bridgehead atoms. The zero-order valence-electron chi connectivity index (χ0n) is 16.7. The van der Waals surface area contributed by atoms with Crippen molar-refractivity contribution in [2.24, 2.45) is 0 Å². The van der Waals surface area contributed by atoms with Crippen molar-refractivity contribution in [3.05, 3.63) is 52.7 Å². The minimum absolute atomic E-state index is 0.204. The van der Waals surface area contributed by atoms with E-state index in [1.54, 1.807) is 0 Å². The molecule has 0 N–H and O–H groups in total. The van der Waals surface area contributed by atoms with Crippen molar-refractivity contribution in [2.45, 2.75) is 26.8 Å². The fraction of sp³-hybridized carbons (Fsp3) is 0.304. The predicted octanol–water partition coefficient (Wildman–Crippen LogP) is 3.96. The van der Waals surface area contributed by atoms with Crippen molar-refractivity contribution in [3.8, 4) is 17.2 Å². The molecule has 0 amide bonds. The third-order valence-corrected chi connectivity index (χ3v) is 5.74. The summed E-state index contributed by atoms with van der Waals surface area (Å²) >= 11 is 0. The summed E-state index contributed by atoms with van der Waals surface area (Å²) < 4.78 is 7.09. The number of likely N-dealkylation sites (N-methyl/N-ethyl adjacent to an activating group) is 1. The van der Waals surface area contributed by atoms with Gasteiger partial charge in [-0.25, -0.2) is 0 Å². The Bertz CT molecular complexity index is 1130. The molecule has 28 heavy (non-hydrogen) atoms. The molecular weight excluding hydrogens is 350 g/mol. The monoisotopic (exact) mass is 373 g/mol. The number of hydrogen-bond acceptors (Lipinski definition) is 4. The fourth-order valence-electron chi connectivity index (χ4n) is 4.31. The molecule has 0 saturated carbocycles. The van der Waals surface area contributed by atoms with Crippen LogP contribution < -0.4 is 4.90 Å². The molecule has 2 heterocycles. The van der Waals surface area contributed by atoms with Crippen molar-refractivity contribution >= 4 is 22.6 Å². The molecule has 1 aliphatic heterocycles. The molecule has 0 saturated heterocycles. The molecular formula is C23H23N3O2. The van der Waals surface area contributed by atoms with Crippen LogP contribution in [0.5, 0.6) is 0 Å². The Morgan fingerprint density at radius 3 is 2.57 bits per heavy atom. The molecule has 0 aliphatic carbocycles. The van der Waals surface area contributed by atoms with Crippen molar-refractivity contribution in [1.29, 1.82) is 5.26 Å². The van der Waals surface area contributed by atoms with Gasteiger partial charge in [-0.05, 0) is 42.2 Å². The van der Waals surface area contributed by atoms with Gasteiger partial charge in [0.1, 0.15) is 11.8 Å². The van der Waals surface area contributed by atoms with Gasteiger partial charge >= 0.3 is 5.97 Å². The van der Waals surface area contributed by atoms with Crippen LogP contribution in [0.25, 0.3) is 22.0 Å². The van der Waals surface area contributed by atoms with Crippen LogP contribution in [0.4, 0.5) is 5.69 Å². The lowest BCUT2D eigenvalue weighted by atomic mass is 9.88. The number of benzene rings is 2. The largest absolute Gasteiger partial charge is 0.469 e. The quantitative estimate of drug-likeness (QED) is 0.652. The number of anilines is 1. The molecule has 5 nitrogen and oxygen atoms in total. The average molecular weight is 373 g/mol. The van der Waals surface area contributed by atoms with Gasteiger partial charge in [0, 0.05) is 25.5 Å². The summed E-state index contributed by atoms with van der Waals surface area (Å²) in [5, 5.41) is 10.7. The number of methoxy groups -OCH3 is 1. The summed E-state index contributed by atoms with van der Waals surface area (Å²) in [6, 6.07) is 12.6. The number of esters is 1. The van der Waals surface area contributed by atoms with E-state index in [1.807, 2.05) is 6.07 Å². The van der Waals surface area contributed by atoms with E-state index >= 15 is 0 Å². The van der Waals surface area contributed by atoms with Crippen LogP contribution in [0.2, 0.25) is 0 Å². The first kappa shape index (κ1) is 18.1. The summed E-state index contributed by atoms with van der Waals surface area (Å²) in [7, 11) is 3.49. The second-order valence-corrected chi connectivity index (χ2v) is 7.42. The van der Waals surface area contributed by atoms with Crippen molar-refractivity contribution in [1.82, 2.24) is 4.57 Å². The molecule has 3 aromatic rings. The van der Waals surface area contributed by atoms with Crippen LogP contribution in [-0.2, 0) is 22.5 Å². The number of hydrogen-bond donors (Lipinski definition) is 0. The minimum Gasteiger partial charge on any atom is -0.469 e. The number of carbonyl (C=O) groups is 1. The van der Waals surface area contributed by atoms with Gasteiger partial charge in [-0.3, -0.25) is 4.79 Å². The van der Waals surface area contributed by atoms with E-state index in [1.165, 1.54) is 12.7 Å². The molecule has 142 valence electrons. The number of carbonyl (C=O) groups excluding carboxylic acids is 1. The van der Waals surface area contributed by atoms with E-state index in [9.17, 15) is 10.1 Å². The summed E-state index contributed by atoms with van der Waals surface area (Å²) in [5.41, 5.74) is 8.12. The maximum absolute atomic E-state index is 12.2. The topological polar surface area (TPSA) is 58.3 Å². The number of nitrogens with zero attached hydrogens (tertiary/aromatic N) is 3. The third-order valence-electron chi connectivity index (χ3n) is 5.74. The zero-order valence-corrected chi connectivity index (χ0v) is 16.7. The fourth-order valence-corrected chi connectivity index (χ4v) is 4.31. The van der Waals surface area contributed by atoms with Gasteiger partial charge in [-0.2, -0.15) is 5.26 Å². The van der Waals surface area contributed by atoms with Crippen molar-refractivity contribution in [3.63, 3.8) is 0 Å². The maximum Gasteiger partial charge on any atom is 0.310 e. The molecule has 1 aliphatic rings. The highest BCUT2D eigenvalue weighted by Gasteiger charge is 2.28. The second kappa shape index (κ2) is 6.72. The van der Waals surface area contributed by atoms with Gasteiger partial charge in [0.2, 0.25) is 0 Å². The van der Waals surface area contributed by atoms with E-state index in [0.29, 0.717) is 5.69 Å². The van der Waals surface area contributed by atoms with Gasteiger partial charge < -0.3 is 14.2 Å². The Kier molecular flexibility index (Phi) is 4.35. The molecule has 4 rings (SSSR count). The minimum atomic E-state index is -0.263. The normalized spacial score (nSPS) is 12.9. The zero-order chi connectivity index (χ0) is 20.0. The van der Waals surface area contributed by atoms with Crippen LogP contribution in [0.3, 0.4) is 0 Å². The Labute approximate surface area is 164 Å². The summed E-state index contributed by atoms with van der Waals surface area (Å²) in [5.74, 6) is -0.263. The van der Waals surface area contributed by atoms with Gasteiger partial charge in [0.15, 0.2) is 0 Å². The van der Waals surface area contributed by atoms with Crippen LogP contribution in [0, 0.1) is 25.2 Å². The predicted molar refractivity (Wildman–Crippen MR) is 111 cm³/mol. The van der Waals surface area contributed by atoms with Gasteiger partial charge in [0.05, 0.1) is 24.7 Å². The number of aryl methyl sites for hydroxylation is 1. The lowest BCUT2D eigenvalue weighted by Crippen LogP contribution is -2.29. The van der Waals surface area contributed by atoms with Crippen molar-refractivity contribution in [2.75, 3.05) is 25.6 Å². The maximum atomic E-state index is 12.2. The first-order chi connectivity index (χ1) is 13.5. The van der Waals surface area contributed by atoms with E-state index < -0.39 is 0 Å². The average Bonchev–Trinajstić information content (AvgIpc) is 3.06. The summed E-state index contributed by atoms with van der Waals surface area (Å²) in [6.07, 6.45) is 0.204. The van der Waals surface area contributed by atoms with Gasteiger partial charge in [0.25, 0.3) is 0 Å². The molecule has 0 spiro atoms. The van der Waals surface area contributed by atoms with Crippen LogP contribution in [-0.4, -0.2) is 31.2 Å². The highest BCUT2D eigenvalue weighted by atomic mass is 16.5. The molecule has 0 radical (unpaired) electrons. The smallest absolute Gasteiger partial charge is 0.310 e. The summed E-state index contributed by atoms with van der Waals surface area (Å²) in [4.78, 5) is 14.5. The SMILES string of the molecule is COC(=O)Cc1c(C)c2c3c(cc(C#N)n3CCN2C)c1-c1ccc(C)cc1. The van der Waals surface area contributed by atoms with Crippen molar-refractivity contribution < 1.29 is 9.53 Å². The van der Waals surface area contributed by atoms with Crippen LogP contribution in [0.15, 0.2) is 30.3 Å². The highest BCUT2D eigenvalue weighted by Crippen LogP contribution is 2.44. The Balaban J connectivity index is 2.15. The van der Waals surface area contributed by atoms with E-state index in [-0.39, 0.29) is 12.4 Å². The van der Waals surface area contributed by atoms with Crippen LogP contribution in [0.1, 0.15) is 22.4 Å². The molecule has 0 atom stereocenters. The number of nitriles is 1. The Morgan fingerprint density at radius 1 is 1.21 bits per heavy atom. The van der Waals surface area contributed by atoms with E-state index in [4.69, 9.17) is 4.74 Å². The van der Waals surface area contributed by atoms with Gasteiger partial charge in [-0.1, -0.05) is 29.8 Å². The number of ether oxygens (including phenoxy) is 1.